The Morgan fingerprint density at radius 3 is 2.58 bits per heavy atom. The molecule has 1 aliphatic heterocycles. The van der Waals surface area contributed by atoms with Gasteiger partial charge in [-0.3, -0.25) is 4.90 Å². The molecule has 0 bridgehead atoms. The van der Waals surface area contributed by atoms with Gasteiger partial charge in [0.25, 0.3) is 10.0 Å². The van der Waals surface area contributed by atoms with E-state index in [0.29, 0.717) is 12.5 Å². The van der Waals surface area contributed by atoms with E-state index in [4.69, 9.17) is 0 Å². The van der Waals surface area contributed by atoms with E-state index < -0.39 is 10.0 Å². The summed E-state index contributed by atoms with van der Waals surface area (Å²) in [5, 5.41) is 6.98. The van der Waals surface area contributed by atoms with E-state index >= 15 is 0 Å². The van der Waals surface area contributed by atoms with Crippen molar-refractivity contribution in [1.29, 1.82) is 0 Å². The summed E-state index contributed by atoms with van der Waals surface area (Å²) in [7, 11) is -3.70. The maximum atomic E-state index is 12.5. The summed E-state index contributed by atoms with van der Waals surface area (Å²) in [4.78, 5) is 2.51. The third kappa shape index (κ3) is 4.04. The van der Waals surface area contributed by atoms with E-state index in [1.807, 2.05) is 0 Å². The molecule has 0 radical (unpaired) electrons. The van der Waals surface area contributed by atoms with Crippen molar-refractivity contribution in [1.82, 2.24) is 19.9 Å². The number of sulfonamides is 1. The lowest BCUT2D eigenvalue weighted by Gasteiger charge is -2.37. The minimum atomic E-state index is -3.70. The van der Waals surface area contributed by atoms with Crippen molar-refractivity contribution in [3.8, 4) is 0 Å². The second-order valence-electron chi connectivity index (χ2n) is 7.02. The van der Waals surface area contributed by atoms with Gasteiger partial charge >= 0.3 is 0 Å². The zero-order chi connectivity index (χ0) is 17.2. The molecule has 1 N–H and O–H groups in total. The highest BCUT2D eigenvalue weighted by molar-refractivity contribution is 7.89. The van der Waals surface area contributed by atoms with E-state index in [1.165, 1.54) is 12.8 Å². The summed E-state index contributed by atoms with van der Waals surface area (Å²) in [5.74, 6) is 0.791. The fourth-order valence-corrected chi connectivity index (χ4v) is 4.87. The number of nitrogens with one attached hydrogen (secondary N) is 1. The average molecular weight is 354 g/mol. The van der Waals surface area contributed by atoms with Gasteiger partial charge in [0, 0.05) is 12.1 Å². The van der Waals surface area contributed by atoms with Crippen LogP contribution < -0.4 is 4.72 Å². The van der Waals surface area contributed by atoms with Gasteiger partial charge in [0.15, 0.2) is 0 Å². The summed E-state index contributed by atoms with van der Waals surface area (Å²) in [6, 6.07) is 0.259. The predicted octanol–water partition coefficient (Wildman–Crippen LogP) is 1.87. The molecule has 0 amide bonds. The van der Waals surface area contributed by atoms with Crippen molar-refractivity contribution in [3.05, 3.63) is 17.8 Å². The molecular formula is C16H26N4O3S. The first kappa shape index (κ1) is 17.6. The number of likely N-dealkylation sites (tertiary alicyclic amines) is 1. The van der Waals surface area contributed by atoms with Crippen LogP contribution in [0.5, 0.6) is 0 Å². The number of nitrogens with zero attached hydrogens (tertiary/aromatic N) is 3. The zero-order valence-electron chi connectivity index (χ0n) is 14.3. The molecule has 0 aromatic carbocycles. The van der Waals surface area contributed by atoms with E-state index in [9.17, 15) is 8.42 Å². The zero-order valence-corrected chi connectivity index (χ0v) is 15.1. The van der Waals surface area contributed by atoms with Crippen LogP contribution in [0.4, 0.5) is 0 Å². The smallest absolute Gasteiger partial charge is 0.263 e. The number of aryl methyl sites for hydroxylation is 1. The summed E-state index contributed by atoms with van der Waals surface area (Å²) in [6.07, 6.45) is 9.20. The number of hydrogen-bond donors (Lipinski definition) is 1. The first-order valence-electron chi connectivity index (χ1n) is 8.66. The fraction of sp³-hybridized carbons (Fsp3) is 0.750. The lowest BCUT2D eigenvalue weighted by atomic mass is 9.95. The first-order chi connectivity index (χ1) is 11.5. The molecule has 24 heavy (non-hydrogen) atoms. The van der Waals surface area contributed by atoms with Crippen LogP contribution in [0.2, 0.25) is 0 Å². The summed E-state index contributed by atoms with van der Waals surface area (Å²) in [5.41, 5.74) is 0.285. The van der Waals surface area contributed by atoms with E-state index in [2.05, 4.69) is 43.6 Å². The van der Waals surface area contributed by atoms with Crippen LogP contribution >= 0.6 is 0 Å². The fourth-order valence-electron chi connectivity index (χ4n) is 3.57. The van der Waals surface area contributed by atoms with Crippen LogP contribution in [0.3, 0.4) is 0 Å². The van der Waals surface area contributed by atoms with Crippen LogP contribution in [0, 0.1) is 12.8 Å². The molecule has 1 aromatic rings. The molecule has 3 rings (SSSR count). The molecule has 2 heterocycles. The Balaban J connectivity index is 1.67. The molecule has 0 saturated carbocycles. The normalized spacial score (nSPS) is 27.2. The number of hydrogen-bond acceptors (Lipinski definition) is 6. The monoisotopic (exact) mass is 354 g/mol. The summed E-state index contributed by atoms with van der Waals surface area (Å²) < 4.78 is 32.3. The Hall–Kier alpha value is -1.25. The molecule has 1 saturated heterocycles. The molecule has 8 heteroatoms. The Morgan fingerprint density at radius 2 is 1.92 bits per heavy atom. The second-order valence-corrected chi connectivity index (χ2v) is 8.65. The molecular weight excluding hydrogens is 328 g/mol. The Labute approximate surface area is 143 Å². The number of rotatable bonds is 4. The molecule has 2 atom stereocenters. The van der Waals surface area contributed by atoms with E-state index in [-0.39, 0.29) is 16.8 Å². The predicted molar refractivity (Wildman–Crippen MR) is 89.9 cm³/mol. The van der Waals surface area contributed by atoms with Crippen molar-refractivity contribution in [3.63, 3.8) is 0 Å². The van der Waals surface area contributed by atoms with Gasteiger partial charge in [0.05, 0.1) is 0 Å². The summed E-state index contributed by atoms with van der Waals surface area (Å²) in [6.45, 7) is 6.09. The van der Waals surface area contributed by atoms with Gasteiger partial charge in [-0.25, -0.2) is 17.8 Å². The number of aromatic nitrogens is 2. The summed E-state index contributed by atoms with van der Waals surface area (Å²) >= 11 is 0. The van der Waals surface area contributed by atoms with Crippen LogP contribution in [-0.2, 0) is 10.0 Å². The minimum absolute atomic E-state index is 0.112. The van der Waals surface area contributed by atoms with Crippen molar-refractivity contribution in [2.45, 2.75) is 63.1 Å². The maximum Gasteiger partial charge on any atom is 0.263 e. The van der Waals surface area contributed by atoms with Crippen molar-refractivity contribution in [2.75, 3.05) is 13.1 Å². The standard InChI is InChI=1S/C16H26N4O3S/c1-12-7-9-20(10-8-12)15-6-4-3-5-14(11-15)19-24(21,22)16-13(2)17-23-18-16/h3-4,12,14-15,19H,5-11H2,1-2H3/t14-,15-/m0/s1. The van der Waals surface area contributed by atoms with Gasteiger partial charge < -0.3 is 0 Å². The van der Waals surface area contributed by atoms with Gasteiger partial charge in [-0.1, -0.05) is 24.2 Å². The van der Waals surface area contributed by atoms with Crippen molar-refractivity contribution >= 4 is 10.0 Å². The highest BCUT2D eigenvalue weighted by Crippen LogP contribution is 2.25. The third-order valence-electron chi connectivity index (χ3n) is 5.07. The van der Waals surface area contributed by atoms with Crippen molar-refractivity contribution in [2.24, 2.45) is 5.92 Å². The van der Waals surface area contributed by atoms with Crippen LogP contribution in [0.1, 0.15) is 44.7 Å². The molecule has 0 unspecified atom stereocenters. The van der Waals surface area contributed by atoms with Crippen LogP contribution in [-0.4, -0.2) is 48.8 Å². The molecule has 7 nitrogen and oxygen atoms in total. The van der Waals surface area contributed by atoms with Gasteiger partial charge in [0.2, 0.25) is 5.03 Å². The second kappa shape index (κ2) is 7.33. The lowest BCUT2D eigenvalue weighted by molar-refractivity contribution is 0.127. The largest absolute Gasteiger partial charge is 0.300 e. The first-order valence-corrected chi connectivity index (χ1v) is 10.1. The van der Waals surface area contributed by atoms with Crippen LogP contribution in [0.15, 0.2) is 21.8 Å². The van der Waals surface area contributed by atoms with Gasteiger partial charge in [-0.05, 0) is 63.2 Å². The topological polar surface area (TPSA) is 88.3 Å². The molecule has 1 fully saturated rings. The Morgan fingerprint density at radius 1 is 1.21 bits per heavy atom. The highest BCUT2D eigenvalue weighted by atomic mass is 32.2. The molecule has 0 spiro atoms. The SMILES string of the molecule is Cc1nonc1S(=O)(=O)N[C@H]1CC=CC[C@H](N2CCC(C)CC2)C1. The van der Waals surface area contributed by atoms with Crippen LogP contribution in [0.25, 0.3) is 0 Å². The molecule has 1 aliphatic carbocycles. The highest BCUT2D eigenvalue weighted by Gasteiger charge is 2.30. The molecule has 1 aromatic heterocycles. The lowest BCUT2D eigenvalue weighted by Crippen LogP contribution is -2.45. The minimum Gasteiger partial charge on any atom is -0.300 e. The van der Waals surface area contributed by atoms with Gasteiger partial charge in [-0.15, -0.1) is 0 Å². The van der Waals surface area contributed by atoms with E-state index in [0.717, 1.165) is 31.8 Å². The Kier molecular flexibility index (Phi) is 5.36. The van der Waals surface area contributed by atoms with E-state index in [1.54, 1.807) is 6.92 Å². The average Bonchev–Trinajstić information content (AvgIpc) is 2.85. The molecule has 2 aliphatic rings. The Bertz CT molecular complexity index is 677. The quantitative estimate of drug-likeness (QED) is 0.831. The maximum absolute atomic E-state index is 12.5. The number of piperidine rings is 1. The third-order valence-corrected chi connectivity index (χ3v) is 6.60. The molecule has 134 valence electrons. The van der Waals surface area contributed by atoms with Gasteiger partial charge in [-0.2, -0.15) is 0 Å². The van der Waals surface area contributed by atoms with Gasteiger partial charge in [0.1, 0.15) is 5.69 Å². The van der Waals surface area contributed by atoms with Crippen molar-refractivity contribution < 1.29 is 13.0 Å².